The van der Waals surface area contributed by atoms with Crippen LogP contribution in [0.4, 0.5) is 0 Å². The average molecular weight is 144 g/mol. The molecule has 4 N–H and O–H groups in total. The Bertz CT molecular complexity index is 205. The minimum absolute atomic E-state index is 0. The van der Waals surface area contributed by atoms with Crippen molar-refractivity contribution in [2.45, 2.75) is 0 Å². The van der Waals surface area contributed by atoms with E-state index in [1.54, 1.807) is 13.0 Å². The molecule has 1 aliphatic rings. The Morgan fingerprint density at radius 1 is 1.80 bits per heavy atom. The summed E-state index contributed by atoms with van der Waals surface area (Å²) in [7, 11) is 1.59. The van der Waals surface area contributed by atoms with Crippen molar-refractivity contribution >= 4 is 5.94 Å². The van der Waals surface area contributed by atoms with E-state index in [1.165, 1.54) is 11.1 Å². The van der Waals surface area contributed by atoms with Gasteiger partial charge in [-0.2, -0.15) is 0 Å². The third-order valence-corrected chi connectivity index (χ3v) is 1.02. The monoisotopic (exact) mass is 144 g/mol. The highest BCUT2D eigenvalue weighted by Gasteiger charge is 2.11. The molecule has 0 amide bonds. The van der Waals surface area contributed by atoms with Crippen LogP contribution >= 0.6 is 0 Å². The molecule has 0 unspecified atom stereocenters. The van der Waals surface area contributed by atoms with Gasteiger partial charge in [-0.1, -0.05) is 0 Å². The number of hydrogen-bond donors (Lipinski definition) is 2. The van der Waals surface area contributed by atoms with Gasteiger partial charge in [0.1, 0.15) is 5.70 Å². The molecule has 0 spiro atoms. The predicted molar refractivity (Wildman–Crippen MR) is 34.4 cm³/mol. The standard InChI is InChI=1S/C5H6N2O2.H2O/c1-7-5(9)2-4(3-8)6-7;/h2,6,9H,1H3;1H2. The van der Waals surface area contributed by atoms with Crippen LogP contribution in [0.5, 0.6) is 0 Å². The molecular formula is C5H8N2O3. The van der Waals surface area contributed by atoms with Gasteiger partial charge >= 0.3 is 0 Å². The molecule has 0 bridgehead atoms. The van der Waals surface area contributed by atoms with Gasteiger partial charge < -0.3 is 10.6 Å². The molecule has 1 rings (SSSR count). The fraction of sp³-hybridized carbons (Fsp3) is 0.200. The van der Waals surface area contributed by atoms with Crippen molar-refractivity contribution in [3.8, 4) is 0 Å². The SMILES string of the molecule is CN1NC(=C=O)C=C1O.O. The lowest BCUT2D eigenvalue weighted by Gasteiger charge is -2.09. The number of allylic oxidation sites excluding steroid dienone is 1. The summed E-state index contributed by atoms with van der Waals surface area (Å²) in [4.78, 5) is 9.89. The second kappa shape index (κ2) is 2.91. The highest BCUT2D eigenvalue weighted by atomic mass is 16.3. The van der Waals surface area contributed by atoms with E-state index in [0.717, 1.165) is 0 Å². The largest absolute Gasteiger partial charge is 0.493 e. The first-order valence-corrected chi connectivity index (χ1v) is 2.40. The minimum Gasteiger partial charge on any atom is -0.493 e. The van der Waals surface area contributed by atoms with Crippen LogP contribution in [0.25, 0.3) is 0 Å². The summed E-state index contributed by atoms with van der Waals surface area (Å²) in [6, 6.07) is 0. The van der Waals surface area contributed by atoms with E-state index in [0.29, 0.717) is 0 Å². The van der Waals surface area contributed by atoms with Gasteiger partial charge in [0.25, 0.3) is 0 Å². The molecular weight excluding hydrogens is 136 g/mol. The Morgan fingerprint density at radius 2 is 2.40 bits per heavy atom. The summed E-state index contributed by atoms with van der Waals surface area (Å²) in [5.74, 6) is 1.62. The van der Waals surface area contributed by atoms with Crippen LogP contribution in [0.15, 0.2) is 17.7 Å². The summed E-state index contributed by atoms with van der Waals surface area (Å²) < 4.78 is 0. The molecule has 1 heterocycles. The smallest absolute Gasteiger partial charge is 0.208 e. The molecule has 10 heavy (non-hydrogen) atoms. The summed E-state index contributed by atoms with van der Waals surface area (Å²) in [5, 5.41) is 10.1. The van der Waals surface area contributed by atoms with Crippen LogP contribution in [-0.2, 0) is 4.79 Å². The van der Waals surface area contributed by atoms with Gasteiger partial charge in [0.2, 0.25) is 5.88 Å². The molecule has 5 nitrogen and oxygen atoms in total. The molecule has 0 fully saturated rings. The van der Waals surface area contributed by atoms with Gasteiger partial charge in [0.05, 0.1) is 0 Å². The number of nitrogens with one attached hydrogen (secondary N) is 1. The first kappa shape index (κ1) is 8.55. The van der Waals surface area contributed by atoms with Crippen molar-refractivity contribution in [3.63, 3.8) is 0 Å². The first-order valence-electron chi connectivity index (χ1n) is 2.40. The van der Waals surface area contributed by atoms with Gasteiger partial charge in [-0.15, -0.1) is 0 Å². The predicted octanol–water partition coefficient (Wildman–Crippen LogP) is -1.27. The summed E-state index contributed by atoms with van der Waals surface area (Å²) in [6.07, 6.45) is 1.30. The van der Waals surface area contributed by atoms with Gasteiger partial charge in [-0.05, 0) is 0 Å². The van der Waals surface area contributed by atoms with Crippen LogP contribution in [0, 0.1) is 0 Å². The van der Waals surface area contributed by atoms with Gasteiger partial charge in [0.15, 0.2) is 5.94 Å². The van der Waals surface area contributed by atoms with Crippen LogP contribution in [-0.4, -0.2) is 28.6 Å². The molecule has 1 aliphatic heterocycles. The zero-order chi connectivity index (χ0) is 6.85. The van der Waals surface area contributed by atoms with Crippen molar-refractivity contribution in [1.29, 1.82) is 0 Å². The Balaban J connectivity index is 0.000000810. The molecule has 0 aromatic carbocycles. The van der Waals surface area contributed by atoms with E-state index in [-0.39, 0.29) is 17.1 Å². The molecule has 0 aliphatic carbocycles. The highest BCUT2D eigenvalue weighted by molar-refractivity contribution is 5.57. The number of carbonyl (C=O) groups excluding carboxylic acids is 1. The van der Waals surface area contributed by atoms with Crippen LogP contribution < -0.4 is 5.43 Å². The van der Waals surface area contributed by atoms with E-state index in [4.69, 9.17) is 5.11 Å². The van der Waals surface area contributed by atoms with Crippen LogP contribution in [0.3, 0.4) is 0 Å². The maximum absolute atomic E-state index is 9.89. The average Bonchev–Trinajstić information content (AvgIpc) is 2.13. The van der Waals surface area contributed by atoms with E-state index < -0.39 is 0 Å². The maximum Gasteiger partial charge on any atom is 0.208 e. The summed E-state index contributed by atoms with van der Waals surface area (Å²) in [6.45, 7) is 0. The Hall–Kier alpha value is -1.45. The number of hydrogen-bond acceptors (Lipinski definition) is 4. The summed E-state index contributed by atoms with van der Waals surface area (Å²) >= 11 is 0. The maximum atomic E-state index is 9.89. The summed E-state index contributed by atoms with van der Waals surface area (Å²) in [5.41, 5.74) is 2.78. The van der Waals surface area contributed by atoms with Crippen LogP contribution in [0.1, 0.15) is 0 Å². The van der Waals surface area contributed by atoms with E-state index in [9.17, 15) is 4.79 Å². The third kappa shape index (κ3) is 1.28. The van der Waals surface area contributed by atoms with Gasteiger partial charge in [0, 0.05) is 13.1 Å². The number of aliphatic hydroxyl groups excluding tert-OH is 1. The molecule has 0 saturated heterocycles. The molecule has 0 aromatic rings. The van der Waals surface area contributed by atoms with Gasteiger partial charge in [-0.3, -0.25) is 10.4 Å². The Labute approximate surface area is 57.5 Å². The first-order chi connectivity index (χ1) is 4.24. The van der Waals surface area contributed by atoms with E-state index >= 15 is 0 Å². The molecule has 0 atom stereocenters. The van der Waals surface area contributed by atoms with Gasteiger partial charge in [-0.25, -0.2) is 4.79 Å². The molecule has 0 radical (unpaired) electrons. The van der Waals surface area contributed by atoms with E-state index in [2.05, 4.69) is 5.43 Å². The van der Waals surface area contributed by atoms with Crippen LogP contribution in [0.2, 0.25) is 0 Å². The number of rotatable bonds is 0. The molecule has 0 aromatic heterocycles. The topological polar surface area (TPSA) is 84.1 Å². The Kier molecular flexibility index (Phi) is 2.49. The zero-order valence-electron chi connectivity index (χ0n) is 5.38. The molecule has 0 saturated carbocycles. The number of aliphatic hydroxyl groups is 1. The zero-order valence-corrected chi connectivity index (χ0v) is 5.38. The quantitative estimate of drug-likeness (QED) is 0.415. The molecule has 5 heteroatoms. The Morgan fingerprint density at radius 3 is 2.60 bits per heavy atom. The third-order valence-electron chi connectivity index (χ3n) is 1.02. The van der Waals surface area contributed by atoms with E-state index in [1.807, 2.05) is 0 Å². The second-order valence-electron chi connectivity index (χ2n) is 1.69. The fourth-order valence-electron chi connectivity index (χ4n) is 0.548. The lowest BCUT2D eigenvalue weighted by molar-refractivity contribution is 0.214. The number of hydrazine groups is 1. The minimum atomic E-state index is 0. The van der Waals surface area contributed by atoms with Crippen molar-refractivity contribution in [2.75, 3.05) is 7.05 Å². The lowest BCUT2D eigenvalue weighted by atomic mass is 10.5. The molecule has 56 valence electrons. The van der Waals surface area contributed by atoms with Crippen molar-refractivity contribution in [1.82, 2.24) is 10.4 Å². The van der Waals surface area contributed by atoms with Crippen molar-refractivity contribution in [3.05, 3.63) is 17.7 Å². The van der Waals surface area contributed by atoms with Crippen molar-refractivity contribution in [2.24, 2.45) is 0 Å². The highest BCUT2D eigenvalue weighted by Crippen LogP contribution is 2.05. The second-order valence-corrected chi connectivity index (χ2v) is 1.69. The fourth-order valence-corrected chi connectivity index (χ4v) is 0.548. The normalized spacial score (nSPS) is 15.1. The number of nitrogens with zero attached hydrogens (tertiary/aromatic N) is 1. The van der Waals surface area contributed by atoms with Crippen molar-refractivity contribution < 1.29 is 15.4 Å². The lowest BCUT2D eigenvalue weighted by Crippen LogP contribution is -2.26.